The van der Waals surface area contributed by atoms with Gasteiger partial charge in [-0.3, -0.25) is 4.79 Å². The molecule has 0 saturated carbocycles. The van der Waals surface area contributed by atoms with Crippen molar-refractivity contribution < 1.29 is 19.1 Å². The lowest BCUT2D eigenvalue weighted by Crippen LogP contribution is -2.22. The van der Waals surface area contributed by atoms with Crippen molar-refractivity contribution in [2.75, 3.05) is 7.11 Å². The summed E-state index contributed by atoms with van der Waals surface area (Å²) in [5.74, 6) is -0.0961. The molecule has 4 heteroatoms. The molecule has 124 valence electrons. The summed E-state index contributed by atoms with van der Waals surface area (Å²) in [6.45, 7) is 2.95. The molecule has 24 heavy (non-hydrogen) atoms. The van der Waals surface area contributed by atoms with E-state index in [4.69, 9.17) is 9.47 Å². The van der Waals surface area contributed by atoms with Crippen LogP contribution in [0.1, 0.15) is 25.0 Å². The first-order valence-electron chi connectivity index (χ1n) is 7.64. The number of carbonyl (C=O) groups excluding carboxylic acids is 2. The fourth-order valence-corrected chi connectivity index (χ4v) is 2.13. The van der Waals surface area contributed by atoms with E-state index < -0.39 is 12.1 Å². The van der Waals surface area contributed by atoms with Gasteiger partial charge in [-0.2, -0.15) is 0 Å². The van der Waals surface area contributed by atoms with Crippen LogP contribution < -0.4 is 4.74 Å². The normalized spacial score (nSPS) is 12.4. The van der Waals surface area contributed by atoms with Crippen LogP contribution in [0, 0.1) is 0 Å². The summed E-state index contributed by atoms with van der Waals surface area (Å²) in [6.07, 6.45) is 0.922. The van der Waals surface area contributed by atoms with Crippen molar-refractivity contribution in [3.05, 3.63) is 65.7 Å². The van der Waals surface area contributed by atoms with Gasteiger partial charge in [0, 0.05) is 5.56 Å². The molecule has 0 fully saturated rings. The van der Waals surface area contributed by atoms with E-state index in [0.717, 1.165) is 5.56 Å². The Balaban J connectivity index is 2.45. The van der Waals surface area contributed by atoms with Gasteiger partial charge in [0.2, 0.25) is 0 Å². The van der Waals surface area contributed by atoms with Crippen LogP contribution in [-0.4, -0.2) is 25.0 Å². The Morgan fingerprint density at radius 2 is 1.62 bits per heavy atom. The summed E-state index contributed by atoms with van der Waals surface area (Å²) in [7, 11) is 1.57. The van der Waals surface area contributed by atoms with Gasteiger partial charge in [-0.25, -0.2) is 4.79 Å². The molecule has 0 radical (unpaired) electrons. The third-order valence-corrected chi connectivity index (χ3v) is 3.60. The van der Waals surface area contributed by atoms with Crippen LogP contribution in [0.2, 0.25) is 0 Å². The molecule has 0 aromatic heterocycles. The highest BCUT2D eigenvalue weighted by atomic mass is 16.5. The van der Waals surface area contributed by atoms with Crippen molar-refractivity contribution in [3.8, 4) is 5.75 Å². The zero-order valence-electron chi connectivity index (χ0n) is 14.0. The topological polar surface area (TPSA) is 52.6 Å². The molecule has 0 bridgehead atoms. The number of hydrogen-bond acceptors (Lipinski definition) is 4. The number of ether oxygens (including phenoxy) is 2. The summed E-state index contributed by atoms with van der Waals surface area (Å²) in [6, 6.07) is 16.6. The minimum Gasteiger partial charge on any atom is -0.496 e. The van der Waals surface area contributed by atoms with E-state index in [2.05, 4.69) is 0 Å². The Labute approximate surface area is 141 Å². The molecule has 1 atom stereocenters. The van der Waals surface area contributed by atoms with E-state index in [1.165, 1.54) is 6.92 Å². The number of benzene rings is 2. The molecule has 0 saturated heterocycles. The van der Waals surface area contributed by atoms with Gasteiger partial charge in [0.15, 0.2) is 11.9 Å². The maximum atomic E-state index is 12.6. The maximum absolute atomic E-state index is 12.6. The van der Waals surface area contributed by atoms with Crippen molar-refractivity contribution in [2.24, 2.45) is 0 Å². The second-order valence-corrected chi connectivity index (χ2v) is 5.32. The molecular weight excluding hydrogens is 304 g/mol. The van der Waals surface area contributed by atoms with Crippen molar-refractivity contribution in [1.29, 1.82) is 0 Å². The zero-order chi connectivity index (χ0) is 17.5. The Kier molecular flexibility index (Phi) is 5.90. The lowest BCUT2D eigenvalue weighted by atomic mass is 10.0. The van der Waals surface area contributed by atoms with Crippen LogP contribution in [0.25, 0.3) is 11.6 Å². The monoisotopic (exact) mass is 324 g/mol. The SMILES string of the molecule is COc1ccccc1/C=C(/C(=O)OC(C)C(C)=O)c1ccccc1. The molecule has 2 aromatic rings. The highest BCUT2D eigenvalue weighted by Gasteiger charge is 2.19. The van der Waals surface area contributed by atoms with Crippen molar-refractivity contribution in [1.82, 2.24) is 0 Å². The summed E-state index contributed by atoms with van der Waals surface area (Å²) >= 11 is 0. The summed E-state index contributed by atoms with van der Waals surface area (Å²) in [4.78, 5) is 24.0. The van der Waals surface area contributed by atoms with E-state index in [-0.39, 0.29) is 5.78 Å². The number of rotatable bonds is 6. The second-order valence-electron chi connectivity index (χ2n) is 5.32. The van der Waals surface area contributed by atoms with Crippen LogP contribution in [0.15, 0.2) is 54.6 Å². The molecule has 0 spiro atoms. The van der Waals surface area contributed by atoms with Crippen LogP contribution in [0.3, 0.4) is 0 Å². The lowest BCUT2D eigenvalue weighted by molar-refractivity contribution is -0.147. The molecule has 4 nitrogen and oxygen atoms in total. The molecule has 1 unspecified atom stereocenters. The van der Waals surface area contributed by atoms with E-state index >= 15 is 0 Å². The molecular formula is C20H20O4. The third kappa shape index (κ3) is 4.32. The minimum atomic E-state index is -0.790. The fraction of sp³-hybridized carbons (Fsp3) is 0.200. The fourth-order valence-electron chi connectivity index (χ4n) is 2.13. The van der Waals surface area contributed by atoms with E-state index in [1.54, 1.807) is 20.1 Å². The number of ketones is 1. The zero-order valence-corrected chi connectivity index (χ0v) is 14.0. The second kappa shape index (κ2) is 8.11. The van der Waals surface area contributed by atoms with Gasteiger partial charge in [-0.1, -0.05) is 48.5 Å². The van der Waals surface area contributed by atoms with Gasteiger partial charge in [0.25, 0.3) is 0 Å². The lowest BCUT2D eigenvalue weighted by Gasteiger charge is -2.13. The van der Waals surface area contributed by atoms with E-state index in [0.29, 0.717) is 16.9 Å². The number of hydrogen-bond donors (Lipinski definition) is 0. The predicted molar refractivity (Wildman–Crippen MR) is 93.5 cm³/mol. The smallest absolute Gasteiger partial charge is 0.339 e. The molecule has 2 aromatic carbocycles. The van der Waals surface area contributed by atoms with E-state index in [9.17, 15) is 9.59 Å². The number of esters is 1. The minimum absolute atomic E-state index is 0.201. The molecule has 2 rings (SSSR count). The number of para-hydroxylation sites is 1. The maximum Gasteiger partial charge on any atom is 0.339 e. The van der Waals surface area contributed by atoms with Crippen molar-refractivity contribution in [3.63, 3.8) is 0 Å². The van der Waals surface area contributed by atoms with Crippen molar-refractivity contribution >= 4 is 23.4 Å². The van der Waals surface area contributed by atoms with Gasteiger partial charge in [-0.15, -0.1) is 0 Å². The largest absolute Gasteiger partial charge is 0.496 e. The van der Waals surface area contributed by atoms with Crippen LogP contribution >= 0.6 is 0 Å². The summed E-state index contributed by atoms with van der Waals surface area (Å²) < 4.78 is 10.6. The standard InChI is InChI=1S/C20H20O4/c1-14(21)15(2)24-20(22)18(16-9-5-4-6-10-16)13-17-11-7-8-12-19(17)23-3/h4-13,15H,1-3H3/b18-13+. The van der Waals surface area contributed by atoms with E-state index in [1.807, 2.05) is 54.6 Å². The first kappa shape index (κ1) is 17.5. The average molecular weight is 324 g/mol. The molecule has 0 aliphatic heterocycles. The van der Waals surface area contributed by atoms with Gasteiger partial charge in [0.1, 0.15) is 5.75 Å². The van der Waals surface area contributed by atoms with Gasteiger partial charge in [0.05, 0.1) is 12.7 Å². The highest BCUT2D eigenvalue weighted by molar-refractivity contribution is 6.22. The van der Waals surface area contributed by atoms with Crippen molar-refractivity contribution in [2.45, 2.75) is 20.0 Å². The quantitative estimate of drug-likeness (QED) is 0.461. The predicted octanol–water partition coefficient (Wildman–Crippen LogP) is 3.76. The Morgan fingerprint density at radius 1 is 1.00 bits per heavy atom. The molecule has 0 aliphatic carbocycles. The summed E-state index contributed by atoms with van der Waals surface area (Å²) in [5.41, 5.74) is 1.84. The Bertz CT molecular complexity index is 747. The van der Waals surface area contributed by atoms with Gasteiger partial charge in [-0.05, 0) is 31.6 Å². The highest BCUT2D eigenvalue weighted by Crippen LogP contribution is 2.25. The first-order chi connectivity index (χ1) is 11.5. The van der Waals surface area contributed by atoms with Gasteiger partial charge >= 0.3 is 5.97 Å². The Hall–Kier alpha value is -2.88. The Morgan fingerprint density at radius 3 is 2.25 bits per heavy atom. The average Bonchev–Trinajstić information content (AvgIpc) is 2.60. The molecule has 0 aliphatic rings. The van der Waals surface area contributed by atoms with Crippen LogP contribution in [0.5, 0.6) is 5.75 Å². The number of methoxy groups -OCH3 is 1. The van der Waals surface area contributed by atoms with Gasteiger partial charge < -0.3 is 9.47 Å². The number of Topliss-reactive ketones (excluding diaryl/α,β-unsaturated/α-hetero) is 1. The van der Waals surface area contributed by atoms with Crippen LogP contribution in [-0.2, 0) is 14.3 Å². The molecule has 0 amide bonds. The first-order valence-corrected chi connectivity index (χ1v) is 7.64. The molecule has 0 heterocycles. The third-order valence-electron chi connectivity index (χ3n) is 3.60. The number of carbonyl (C=O) groups is 2. The summed E-state index contributed by atoms with van der Waals surface area (Å²) in [5, 5.41) is 0. The van der Waals surface area contributed by atoms with Crippen LogP contribution in [0.4, 0.5) is 0 Å². The molecule has 0 N–H and O–H groups in total.